The van der Waals surface area contributed by atoms with Crippen LogP contribution in [0.3, 0.4) is 0 Å². The largest absolute Gasteiger partial charge is 0.379 e. The molecule has 1 heterocycles. The normalized spacial score (nSPS) is 15.5. The second-order valence-electron chi connectivity index (χ2n) is 7.48. The highest BCUT2D eigenvalue weighted by molar-refractivity contribution is 6.00. The van der Waals surface area contributed by atoms with Gasteiger partial charge in [-0.25, -0.2) is 0 Å². The van der Waals surface area contributed by atoms with E-state index >= 15 is 0 Å². The second-order valence-corrected chi connectivity index (χ2v) is 7.48. The van der Waals surface area contributed by atoms with Crippen molar-refractivity contribution < 1.29 is 14.0 Å². The van der Waals surface area contributed by atoms with Gasteiger partial charge >= 0.3 is 0 Å². The molecule has 3 rings (SSSR count). The van der Waals surface area contributed by atoms with Crippen LogP contribution in [0, 0.1) is 11.8 Å². The third-order valence-corrected chi connectivity index (χ3v) is 4.68. The first-order valence-electron chi connectivity index (χ1n) is 9.13. The number of quaternary nitrogens is 1. The molecular weight excluding hydrogens is 324 g/mol. The summed E-state index contributed by atoms with van der Waals surface area (Å²) in [6.07, 6.45) is 0. The lowest BCUT2D eigenvalue weighted by Crippen LogP contribution is -2.44. The molecule has 0 N–H and O–H groups in total. The van der Waals surface area contributed by atoms with E-state index in [9.17, 15) is 4.79 Å². The van der Waals surface area contributed by atoms with Gasteiger partial charge < -0.3 is 9.22 Å². The van der Waals surface area contributed by atoms with Crippen LogP contribution in [-0.2, 0) is 4.74 Å². The fourth-order valence-electron chi connectivity index (χ4n) is 3.10. The number of benzene rings is 2. The van der Waals surface area contributed by atoms with E-state index < -0.39 is 0 Å². The summed E-state index contributed by atoms with van der Waals surface area (Å²) in [6, 6.07) is 14.1. The molecule has 1 aliphatic rings. The highest BCUT2D eigenvalue weighted by atomic mass is 16.5. The molecule has 4 heteroatoms. The summed E-state index contributed by atoms with van der Waals surface area (Å²) in [5, 5.41) is 2.26. The standard InChI is InChI=1S/C22H27N2O2/c1-24(2,14-6-5-11-23-12-15-26-16-13-23)18-22(25)21-10-9-19-7-3-4-8-20(19)17-21/h3-4,7-10,17H,11-16,18H2,1-2H3/q+1. The predicted octanol–water partition coefficient (Wildman–Crippen LogP) is 2.43. The van der Waals surface area contributed by atoms with Crippen LogP contribution in [0.1, 0.15) is 10.4 Å². The molecule has 0 aliphatic carbocycles. The van der Waals surface area contributed by atoms with Gasteiger partial charge in [0, 0.05) is 18.7 Å². The molecule has 2 aromatic carbocycles. The highest BCUT2D eigenvalue weighted by Gasteiger charge is 2.20. The van der Waals surface area contributed by atoms with Crippen molar-refractivity contribution in [3.8, 4) is 11.8 Å². The summed E-state index contributed by atoms with van der Waals surface area (Å²) in [4.78, 5) is 15.0. The molecule has 1 fully saturated rings. The predicted molar refractivity (Wildman–Crippen MR) is 105 cm³/mol. The SMILES string of the molecule is C[N+](C)(CC#CCN1CCOCC1)CC(=O)c1ccc2ccccc2c1. The zero-order valence-corrected chi connectivity index (χ0v) is 15.7. The topological polar surface area (TPSA) is 29.5 Å². The maximum Gasteiger partial charge on any atom is 0.216 e. The number of likely N-dealkylation sites (N-methyl/N-ethyl adjacent to an activating group) is 1. The maximum atomic E-state index is 12.7. The van der Waals surface area contributed by atoms with Gasteiger partial charge in [-0.15, -0.1) is 0 Å². The van der Waals surface area contributed by atoms with E-state index in [4.69, 9.17) is 4.74 Å². The minimum Gasteiger partial charge on any atom is -0.379 e. The molecule has 0 radical (unpaired) electrons. The van der Waals surface area contributed by atoms with Gasteiger partial charge in [0.15, 0.2) is 0 Å². The molecule has 0 bridgehead atoms. The van der Waals surface area contributed by atoms with Gasteiger partial charge in [0.05, 0.1) is 33.9 Å². The first-order valence-corrected chi connectivity index (χ1v) is 9.13. The van der Waals surface area contributed by atoms with E-state index in [2.05, 4.69) is 36.9 Å². The van der Waals surface area contributed by atoms with Gasteiger partial charge in [-0.2, -0.15) is 0 Å². The van der Waals surface area contributed by atoms with Crippen LogP contribution in [0.5, 0.6) is 0 Å². The fourth-order valence-corrected chi connectivity index (χ4v) is 3.10. The van der Waals surface area contributed by atoms with Crippen LogP contribution in [0.25, 0.3) is 10.8 Å². The summed E-state index contributed by atoms with van der Waals surface area (Å²) >= 11 is 0. The second kappa shape index (κ2) is 8.46. The van der Waals surface area contributed by atoms with Gasteiger partial charge in [-0.3, -0.25) is 9.69 Å². The Labute approximate surface area is 155 Å². The molecule has 0 atom stereocenters. The first kappa shape index (κ1) is 18.6. The van der Waals surface area contributed by atoms with Gasteiger partial charge in [0.25, 0.3) is 0 Å². The minimum atomic E-state index is 0.163. The molecule has 4 nitrogen and oxygen atoms in total. The number of ether oxygens (including phenoxy) is 1. The average Bonchev–Trinajstić information content (AvgIpc) is 2.65. The molecule has 26 heavy (non-hydrogen) atoms. The maximum absolute atomic E-state index is 12.7. The monoisotopic (exact) mass is 351 g/mol. The lowest BCUT2D eigenvalue weighted by atomic mass is 10.0. The van der Waals surface area contributed by atoms with Crippen LogP contribution >= 0.6 is 0 Å². The number of Topliss-reactive ketones (excluding diaryl/α,β-unsaturated/α-hetero) is 1. The highest BCUT2D eigenvalue weighted by Crippen LogP contribution is 2.16. The van der Waals surface area contributed by atoms with Crippen LogP contribution in [0.2, 0.25) is 0 Å². The van der Waals surface area contributed by atoms with Crippen molar-refractivity contribution in [2.45, 2.75) is 0 Å². The van der Waals surface area contributed by atoms with Crippen LogP contribution < -0.4 is 0 Å². The average molecular weight is 351 g/mol. The molecular formula is C22H27N2O2+. The van der Waals surface area contributed by atoms with Crippen molar-refractivity contribution in [1.29, 1.82) is 0 Å². The van der Waals surface area contributed by atoms with Crippen molar-refractivity contribution >= 4 is 16.6 Å². The molecule has 0 unspecified atom stereocenters. The Kier molecular flexibility index (Phi) is 6.05. The van der Waals surface area contributed by atoms with Crippen molar-refractivity contribution in [2.24, 2.45) is 0 Å². The van der Waals surface area contributed by atoms with E-state index in [0.29, 0.717) is 17.6 Å². The Morgan fingerprint density at radius 1 is 1.08 bits per heavy atom. The van der Waals surface area contributed by atoms with Gasteiger partial charge in [0.2, 0.25) is 5.78 Å². The number of hydrogen-bond acceptors (Lipinski definition) is 3. The molecule has 1 saturated heterocycles. The number of carbonyl (C=O) groups excluding carboxylic acids is 1. The van der Waals surface area contributed by atoms with Gasteiger partial charge in [-0.05, 0) is 22.8 Å². The number of fused-ring (bicyclic) bond motifs is 1. The van der Waals surface area contributed by atoms with Crippen molar-refractivity contribution in [3.63, 3.8) is 0 Å². The van der Waals surface area contributed by atoms with Crippen molar-refractivity contribution in [3.05, 3.63) is 48.0 Å². The number of nitrogens with zero attached hydrogens (tertiary/aromatic N) is 2. The lowest BCUT2D eigenvalue weighted by Gasteiger charge is -2.27. The molecule has 0 aromatic heterocycles. The summed E-state index contributed by atoms with van der Waals surface area (Å²) in [6.45, 7) is 5.39. The van der Waals surface area contributed by atoms with E-state index in [1.807, 2.05) is 36.4 Å². The number of ketones is 1. The Balaban J connectivity index is 1.56. The number of carbonyl (C=O) groups is 1. The summed E-state index contributed by atoms with van der Waals surface area (Å²) in [5.41, 5.74) is 0.774. The van der Waals surface area contributed by atoms with E-state index in [0.717, 1.165) is 49.2 Å². The number of hydrogen-bond donors (Lipinski definition) is 0. The Morgan fingerprint density at radius 2 is 1.81 bits per heavy atom. The summed E-state index contributed by atoms with van der Waals surface area (Å²) in [7, 11) is 4.12. The summed E-state index contributed by atoms with van der Waals surface area (Å²) < 4.78 is 5.91. The molecule has 2 aromatic rings. The van der Waals surface area contributed by atoms with Crippen LogP contribution in [0.15, 0.2) is 42.5 Å². The van der Waals surface area contributed by atoms with E-state index in [1.165, 1.54) is 0 Å². The first-order chi connectivity index (χ1) is 12.5. The summed E-state index contributed by atoms with van der Waals surface area (Å²) in [5.74, 6) is 6.65. The van der Waals surface area contributed by atoms with E-state index in [-0.39, 0.29) is 5.78 Å². The minimum absolute atomic E-state index is 0.163. The third-order valence-electron chi connectivity index (χ3n) is 4.68. The van der Waals surface area contributed by atoms with Crippen LogP contribution in [0.4, 0.5) is 0 Å². The third kappa shape index (κ3) is 5.15. The Bertz CT molecular complexity index is 827. The molecule has 0 saturated carbocycles. The van der Waals surface area contributed by atoms with Crippen molar-refractivity contribution in [2.75, 3.05) is 60.0 Å². The molecule has 1 aliphatic heterocycles. The number of rotatable bonds is 5. The lowest BCUT2D eigenvalue weighted by molar-refractivity contribution is -0.874. The smallest absolute Gasteiger partial charge is 0.216 e. The van der Waals surface area contributed by atoms with E-state index in [1.54, 1.807) is 0 Å². The molecule has 0 amide bonds. The Hall–Kier alpha value is -2.19. The van der Waals surface area contributed by atoms with Crippen LogP contribution in [-0.4, -0.2) is 75.2 Å². The number of morpholine rings is 1. The molecule has 136 valence electrons. The van der Waals surface area contributed by atoms with Gasteiger partial charge in [0.1, 0.15) is 13.1 Å². The fraction of sp³-hybridized carbons (Fsp3) is 0.409. The van der Waals surface area contributed by atoms with Crippen molar-refractivity contribution in [1.82, 2.24) is 4.90 Å². The zero-order valence-electron chi connectivity index (χ0n) is 15.7. The molecule has 0 spiro atoms. The van der Waals surface area contributed by atoms with Gasteiger partial charge in [-0.1, -0.05) is 42.3 Å². The zero-order chi connectivity index (χ0) is 18.4. The Morgan fingerprint density at radius 3 is 2.58 bits per heavy atom. The quantitative estimate of drug-likeness (QED) is 0.471.